The lowest BCUT2D eigenvalue weighted by Gasteiger charge is -2.38. The molecule has 1 heterocycles. The summed E-state index contributed by atoms with van der Waals surface area (Å²) in [4.78, 5) is 5.09. The fourth-order valence-corrected chi connectivity index (χ4v) is 3.79. The summed E-state index contributed by atoms with van der Waals surface area (Å²) in [5.41, 5.74) is 0. The predicted octanol–water partition coefficient (Wildman–Crippen LogP) is 1.79. The maximum atomic E-state index is 3.57. The van der Waals surface area contributed by atoms with Crippen LogP contribution in [0.4, 0.5) is 0 Å². The van der Waals surface area contributed by atoms with E-state index in [1.54, 1.807) is 0 Å². The fourth-order valence-electron chi connectivity index (χ4n) is 3.79. The third kappa shape index (κ3) is 3.69. The van der Waals surface area contributed by atoms with E-state index in [1.807, 2.05) is 0 Å². The average Bonchev–Trinajstić information content (AvgIpc) is 2.89. The maximum Gasteiger partial charge on any atom is 0.0221 e. The van der Waals surface area contributed by atoms with Crippen LogP contribution in [-0.2, 0) is 0 Å². The molecule has 0 aromatic heterocycles. The molecule has 0 radical (unpaired) electrons. The quantitative estimate of drug-likeness (QED) is 0.806. The zero-order chi connectivity index (χ0) is 13.0. The Balaban J connectivity index is 1.82. The van der Waals surface area contributed by atoms with E-state index in [2.05, 4.69) is 36.3 Å². The van der Waals surface area contributed by atoms with Crippen molar-refractivity contribution in [1.82, 2.24) is 15.1 Å². The first-order chi connectivity index (χ1) is 8.70. The highest BCUT2D eigenvalue weighted by atomic mass is 15.2. The number of nitrogens with zero attached hydrogens (tertiary/aromatic N) is 2. The lowest BCUT2D eigenvalue weighted by Crippen LogP contribution is -2.50. The Bertz CT molecular complexity index is 238. The molecule has 0 bridgehead atoms. The van der Waals surface area contributed by atoms with Crippen molar-refractivity contribution in [2.45, 2.75) is 50.6 Å². The number of likely N-dealkylation sites (tertiary alicyclic amines) is 1. The molecule has 1 aliphatic carbocycles. The maximum absolute atomic E-state index is 3.57. The number of piperidine rings is 1. The van der Waals surface area contributed by atoms with E-state index >= 15 is 0 Å². The van der Waals surface area contributed by atoms with Crippen molar-refractivity contribution in [3.05, 3.63) is 0 Å². The molecule has 1 saturated carbocycles. The van der Waals surface area contributed by atoms with Gasteiger partial charge in [0.2, 0.25) is 0 Å². The van der Waals surface area contributed by atoms with Crippen LogP contribution in [0.15, 0.2) is 0 Å². The van der Waals surface area contributed by atoms with E-state index in [0.29, 0.717) is 6.04 Å². The van der Waals surface area contributed by atoms with Crippen molar-refractivity contribution in [2.75, 3.05) is 40.8 Å². The number of likely N-dealkylation sites (N-methyl/N-ethyl adjacent to an activating group) is 3. The van der Waals surface area contributed by atoms with E-state index in [0.717, 1.165) is 12.0 Å². The molecular weight excluding hydrogens is 222 g/mol. The Morgan fingerprint density at radius 2 is 1.94 bits per heavy atom. The third-order valence-electron chi connectivity index (χ3n) is 5.05. The van der Waals surface area contributed by atoms with Gasteiger partial charge in [0.05, 0.1) is 0 Å². The first-order valence-electron chi connectivity index (χ1n) is 7.76. The zero-order valence-corrected chi connectivity index (χ0v) is 12.5. The van der Waals surface area contributed by atoms with Gasteiger partial charge in [-0.15, -0.1) is 0 Å². The van der Waals surface area contributed by atoms with Crippen molar-refractivity contribution in [1.29, 1.82) is 0 Å². The molecule has 0 spiro atoms. The third-order valence-corrected chi connectivity index (χ3v) is 5.05. The van der Waals surface area contributed by atoms with Crippen LogP contribution in [0.1, 0.15) is 38.5 Å². The Morgan fingerprint density at radius 1 is 1.22 bits per heavy atom. The van der Waals surface area contributed by atoms with Gasteiger partial charge >= 0.3 is 0 Å². The largest absolute Gasteiger partial charge is 0.315 e. The Morgan fingerprint density at radius 3 is 2.56 bits per heavy atom. The van der Waals surface area contributed by atoms with Gasteiger partial charge in [0.1, 0.15) is 0 Å². The lowest BCUT2D eigenvalue weighted by molar-refractivity contribution is 0.117. The Hall–Kier alpha value is -0.120. The van der Waals surface area contributed by atoms with Gasteiger partial charge in [-0.3, -0.25) is 0 Å². The van der Waals surface area contributed by atoms with Gasteiger partial charge in [0.15, 0.2) is 0 Å². The topological polar surface area (TPSA) is 18.5 Å². The van der Waals surface area contributed by atoms with Crippen molar-refractivity contribution in [3.63, 3.8) is 0 Å². The lowest BCUT2D eigenvalue weighted by atomic mass is 9.96. The standard InChI is InChI=1S/C15H31N3/c1-16-15(13-7-4-5-8-13)12-18(3)14-9-6-10-17(2)11-14/h13-16H,4-12H2,1-3H3. The molecule has 1 N–H and O–H groups in total. The summed E-state index contributed by atoms with van der Waals surface area (Å²) in [6.45, 7) is 3.75. The molecule has 2 atom stereocenters. The van der Waals surface area contributed by atoms with Crippen LogP contribution in [-0.4, -0.2) is 62.7 Å². The summed E-state index contributed by atoms with van der Waals surface area (Å²) in [6, 6.07) is 1.46. The molecule has 2 aliphatic rings. The van der Waals surface area contributed by atoms with Gasteiger partial charge in [0, 0.05) is 25.2 Å². The molecule has 0 amide bonds. The van der Waals surface area contributed by atoms with Crippen LogP contribution < -0.4 is 5.32 Å². The van der Waals surface area contributed by atoms with Gasteiger partial charge in [-0.25, -0.2) is 0 Å². The first kappa shape index (κ1) is 14.3. The number of rotatable bonds is 5. The average molecular weight is 253 g/mol. The van der Waals surface area contributed by atoms with Crippen molar-refractivity contribution in [3.8, 4) is 0 Å². The number of hydrogen-bond acceptors (Lipinski definition) is 3. The molecule has 1 aliphatic heterocycles. The molecule has 106 valence electrons. The Labute approximate surface area is 113 Å². The van der Waals surface area contributed by atoms with Crippen molar-refractivity contribution < 1.29 is 0 Å². The molecule has 2 fully saturated rings. The fraction of sp³-hybridized carbons (Fsp3) is 1.00. The van der Waals surface area contributed by atoms with Crippen LogP contribution >= 0.6 is 0 Å². The summed E-state index contributed by atoms with van der Waals surface area (Å²) >= 11 is 0. The minimum Gasteiger partial charge on any atom is -0.315 e. The molecule has 18 heavy (non-hydrogen) atoms. The number of hydrogen-bond donors (Lipinski definition) is 1. The summed E-state index contributed by atoms with van der Waals surface area (Å²) in [6.07, 6.45) is 8.49. The second kappa shape index (κ2) is 6.88. The second-order valence-electron chi connectivity index (χ2n) is 6.44. The highest BCUT2D eigenvalue weighted by molar-refractivity contribution is 4.85. The molecular formula is C15H31N3. The molecule has 1 saturated heterocycles. The summed E-state index contributed by atoms with van der Waals surface area (Å²) in [5, 5.41) is 3.57. The molecule has 0 aromatic rings. The summed E-state index contributed by atoms with van der Waals surface area (Å²) < 4.78 is 0. The Kier molecular flexibility index (Phi) is 5.46. The zero-order valence-electron chi connectivity index (χ0n) is 12.5. The van der Waals surface area contributed by atoms with Crippen LogP contribution in [0.2, 0.25) is 0 Å². The van der Waals surface area contributed by atoms with Crippen LogP contribution in [0.3, 0.4) is 0 Å². The molecule has 3 heteroatoms. The van der Waals surface area contributed by atoms with E-state index in [1.165, 1.54) is 58.2 Å². The van der Waals surface area contributed by atoms with Crippen molar-refractivity contribution in [2.24, 2.45) is 5.92 Å². The summed E-state index contributed by atoms with van der Waals surface area (Å²) in [5.74, 6) is 0.916. The van der Waals surface area contributed by atoms with Crippen LogP contribution in [0, 0.1) is 5.92 Å². The minimum absolute atomic E-state index is 0.699. The predicted molar refractivity (Wildman–Crippen MR) is 78.0 cm³/mol. The smallest absolute Gasteiger partial charge is 0.0221 e. The van der Waals surface area contributed by atoms with Gasteiger partial charge in [-0.2, -0.15) is 0 Å². The van der Waals surface area contributed by atoms with E-state index < -0.39 is 0 Å². The van der Waals surface area contributed by atoms with Gasteiger partial charge in [-0.05, 0) is 59.3 Å². The van der Waals surface area contributed by atoms with Crippen LogP contribution in [0.25, 0.3) is 0 Å². The van der Waals surface area contributed by atoms with Gasteiger partial charge < -0.3 is 15.1 Å². The highest BCUT2D eigenvalue weighted by Crippen LogP contribution is 2.28. The van der Waals surface area contributed by atoms with E-state index in [-0.39, 0.29) is 0 Å². The molecule has 3 nitrogen and oxygen atoms in total. The van der Waals surface area contributed by atoms with Gasteiger partial charge in [0.25, 0.3) is 0 Å². The van der Waals surface area contributed by atoms with Crippen LogP contribution in [0.5, 0.6) is 0 Å². The monoisotopic (exact) mass is 253 g/mol. The second-order valence-corrected chi connectivity index (χ2v) is 6.44. The van der Waals surface area contributed by atoms with Crippen molar-refractivity contribution >= 4 is 0 Å². The minimum atomic E-state index is 0.699. The van der Waals surface area contributed by atoms with Gasteiger partial charge in [-0.1, -0.05) is 12.8 Å². The van der Waals surface area contributed by atoms with E-state index in [4.69, 9.17) is 0 Å². The SMILES string of the molecule is CNC(CN(C)C1CCCN(C)C1)C1CCCC1. The molecule has 0 aromatic carbocycles. The normalized spacial score (nSPS) is 29.0. The molecule has 2 rings (SSSR count). The molecule has 2 unspecified atom stereocenters. The highest BCUT2D eigenvalue weighted by Gasteiger charge is 2.28. The first-order valence-corrected chi connectivity index (χ1v) is 7.76. The number of nitrogens with one attached hydrogen (secondary N) is 1. The summed E-state index contributed by atoms with van der Waals surface area (Å²) in [7, 11) is 6.72. The van der Waals surface area contributed by atoms with E-state index in [9.17, 15) is 0 Å².